The van der Waals surface area contributed by atoms with Crippen LogP contribution in [0.4, 0.5) is 0 Å². The van der Waals surface area contributed by atoms with Crippen molar-refractivity contribution in [1.29, 1.82) is 0 Å². The zero-order valence-electron chi connectivity index (χ0n) is 15.5. The maximum Gasteiger partial charge on any atom is 0.349 e. The van der Waals surface area contributed by atoms with Gasteiger partial charge < -0.3 is 14.2 Å². The molecule has 0 bridgehead atoms. The summed E-state index contributed by atoms with van der Waals surface area (Å²) >= 11 is 0. The van der Waals surface area contributed by atoms with Crippen LogP contribution in [0.5, 0.6) is 11.5 Å². The van der Waals surface area contributed by atoms with Crippen LogP contribution in [0.2, 0.25) is 0 Å². The predicted octanol–water partition coefficient (Wildman–Crippen LogP) is 4.51. The third kappa shape index (κ3) is 5.20. The van der Waals surface area contributed by atoms with Crippen LogP contribution in [0.3, 0.4) is 0 Å². The smallest absolute Gasteiger partial charge is 0.349 e. The van der Waals surface area contributed by atoms with Crippen molar-refractivity contribution in [3.05, 3.63) is 84.4 Å². The maximum absolute atomic E-state index is 12.0. The number of hydrogen-bond donors (Lipinski definition) is 0. The highest BCUT2D eigenvalue weighted by molar-refractivity contribution is 5.89. The lowest BCUT2D eigenvalue weighted by molar-refractivity contribution is -0.136. The molecule has 5 nitrogen and oxygen atoms in total. The van der Waals surface area contributed by atoms with Gasteiger partial charge in [-0.25, -0.2) is 9.59 Å². The molecule has 0 amide bonds. The minimum atomic E-state index is -0.531. The summed E-state index contributed by atoms with van der Waals surface area (Å²) in [5.74, 6) is -0.0333. The van der Waals surface area contributed by atoms with Gasteiger partial charge in [-0.2, -0.15) is 0 Å². The Morgan fingerprint density at radius 1 is 0.750 bits per heavy atom. The van der Waals surface area contributed by atoms with Gasteiger partial charge in [0.15, 0.2) is 6.61 Å². The van der Waals surface area contributed by atoms with E-state index in [1.807, 2.05) is 54.6 Å². The fourth-order valence-corrected chi connectivity index (χ4v) is 2.55. The molecule has 142 valence electrons. The molecule has 0 saturated carbocycles. The molecule has 0 fully saturated rings. The summed E-state index contributed by atoms with van der Waals surface area (Å²) < 4.78 is 15.6. The molecule has 5 heteroatoms. The van der Waals surface area contributed by atoms with Gasteiger partial charge in [-0.15, -0.1) is 0 Å². The Morgan fingerprint density at radius 2 is 1.36 bits per heavy atom. The molecule has 3 rings (SSSR count). The summed E-state index contributed by atoms with van der Waals surface area (Å²) in [5, 5.41) is 0. The molecule has 0 aliphatic carbocycles. The monoisotopic (exact) mass is 376 g/mol. The van der Waals surface area contributed by atoms with Crippen molar-refractivity contribution in [3.63, 3.8) is 0 Å². The van der Waals surface area contributed by atoms with E-state index in [0.29, 0.717) is 23.7 Å². The predicted molar refractivity (Wildman–Crippen MR) is 105 cm³/mol. The third-order valence-corrected chi connectivity index (χ3v) is 3.92. The van der Waals surface area contributed by atoms with Crippen molar-refractivity contribution in [2.45, 2.75) is 6.92 Å². The van der Waals surface area contributed by atoms with Crippen molar-refractivity contribution in [2.75, 3.05) is 13.2 Å². The molecule has 0 spiro atoms. The Kier molecular flexibility index (Phi) is 6.41. The van der Waals surface area contributed by atoms with E-state index in [4.69, 9.17) is 14.2 Å². The van der Waals surface area contributed by atoms with E-state index in [9.17, 15) is 9.59 Å². The van der Waals surface area contributed by atoms with Crippen molar-refractivity contribution in [1.82, 2.24) is 0 Å². The van der Waals surface area contributed by atoms with E-state index in [2.05, 4.69) is 0 Å². The second-order valence-electron chi connectivity index (χ2n) is 5.90. The molecule has 3 aromatic carbocycles. The molecular formula is C23H20O5. The minimum Gasteiger partial charge on any atom is -0.482 e. The van der Waals surface area contributed by atoms with Crippen LogP contribution in [0, 0.1) is 0 Å². The topological polar surface area (TPSA) is 61.8 Å². The van der Waals surface area contributed by atoms with Crippen molar-refractivity contribution in [3.8, 4) is 22.6 Å². The fourth-order valence-electron chi connectivity index (χ4n) is 2.55. The third-order valence-electron chi connectivity index (χ3n) is 3.92. The number of esters is 2. The highest BCUT2D eigenvalue weighted by Gasteiger charge is 2.09. The first-order valence-electron chi connectivity index (χ1n) is 8.92. The number of carbonyl (C=O) groups is 2. The SMILES string of the molecule is CCOC(=O)c1ccc(OC(=O)COc2ccc(-c3ccccc3)cc2)cc1. The summed E-state index contributed by atoms with van der Waals surface area (Å²) in [6, 6.07) is 23.6. The Morgan fingerprint density at radius 3 is 2.00 bits per heavy atom. The van der Waals surface area contributed by atoms with Crippen LogP contribution in [0.1, 0.15) is 17.3 Å². The summed E-state index contributed by atoms with van der Waals surface area (Å²) in [6.45, 7) is 1.83. The molecule has 0 radical (unpaired) electrons. The van der Waals surface area contributed by atoms with E-state index in [1.165, 1.54) is 0 Å². The number of carbonyl (C=O) groups excluding carboxylic acids is 2. The van der Waals surface area contributed by atoms with Crippen LogP contribution in [-0.2, 0) is 9.53 Å². The molecule has 0 unspecified atom stereocenters. The first-order valence-corrected chi connectivity index (χ1v) is 8.92. The zero-order valence-corrected chi connectivity index (χ0v) is 15.5. The number of ether oxygens (including phenoxy) is 3. The summed E-state index contributed by atoms with van der Waals surface area (Å²) in [7, 11) is 0. The lowest BCUT2D eigenvalue weighted by Gasteiger charge is -2.08. The van der Waals surface area contributed by atoms with Crippen LogP contribution < -0.4 is 9.47 Å². The number of rotatable bonds is 7. The summed E-state index contributed by atoms with van der Waals surface area (Å²) in [5.41, 5.74) is 2.58. The lowest BCUT2D eigenvalue weighted by atomic mass is 10.1. The molecule has 0 atom stereocenters. The van der Waals surface area contributed by atoms with E-state index in [0.717, 1.165) is 11.1 Å². The van der Waals surface area contributed by atoms with Gasteiger partial charge in [0.25, 0.3) is 0 Å². The van der Waals surface area contributed by atoms with Crippen LogP contribution in [-0.4, -0.2) is 25.2 Å². The Balaban J connectivity index is 1.51. The molecule has 3 aromatic rings. The molecule has 0 heterocycles. The molecular weight excluding hydrogens is 356 g/mol. The molecule has 0 saturated heterocycles. The number of benzene rings is 3. The van der Waals surface area contributed by atoms with E-state index < -0.39 is 11.9 Å². The van der Waals surface area contributed by atoms with Crippen LogP contribution in [0.15, 0.2) is 78.9 Å². The van der Waals surface area contributed by atoms with Gasteiger partial charge >= 0.3 is 11.9 Å². The minimum absolute atomic E-state index is 0.218. The summed E-state index contributed by atoms with van der Waals surface area (Å²) in [6.07, 6.45) is 0. The van der Waals surface area contributed by atoms with Crippen LogP contribution >= 0.6 is 0 Å². The first kappa shape index (κ1) is 19.2. The average Bonchev–Trinajstić information content (AvgIpc) is 2.74. The molecule has 28 heavy (non-hydrogen) atoms. The van der Waals surface area contributed by atoms with Gasteiger partial charge in [-0.3, -0.25) is 0 Å². The van der Waals surface area contributed by atoms with E-state index in [1.54, 1.807) is 31.2 Å². The lowest BCUT2D eigenvalue weighted by Crippen LogP contribution is -2.17. The first-order chi connectivity index (χ1) is 13.7. The second kappa shape index (κ2) is 9.37. The van der Waals surface area contributed by atoms with E-state index in [-0.39, 0.29) is 6.61 Å². The van der Waals surface area contributed by atoms with Crippen molar-refractivity contribution >= 4 is 11.9 Å². The van der Waals surface area contributed by atoms with Gasteiger partial charge in [0.05, 0.1) is 12.2 Å². The molecule has 0 aliphatic rings. The largest absolute Gasteiger partial charge is 0.482 e. The maximum atomic E-state index is 12.0. The molecule has 0 N–H and O–H groups in total. The van der Waals surface area contributed by atoms with Crippen molar-refractivity contribution in [2.24, 2.45) is 0 Å². The molecule has 0 aromatic heterocycles. The van der Waals surface area contributed by atoms with E-state index >= 15 is 0 Å². The molecule has 0 aliphatic heterocycles. The van der Waals surface area contributed by atoms with Gasteiger partial charge in [-0.1, -0.05) is 42.5 Å². The Labute approximate surface area is 163 Å². The van der Waals surface area contributed by atoms with Gasteiger partial charge in [0.1, 0.15) is 11.5 Å². The van der Waals surface area contributed by atoms with Gasteiger partial charge in [-0.05, 0) is 54.4 Å². The Hall–Kier alpha value is -3.60. The van der Waals surface area contributed by atoms with Gasteiger partial charge in [0, 0.05) is 0 Å². The fraction of sp³-hybridized carbons (Fsp3) is 0.130. The highest BCUT2D eigenvalue weighted by Crippen LogP contribution is 2.22. The highest BCUT2D eigenvalue weighted by atomic mass is 16.6. The summed E-state index contributed by atoms with van der Waals surface area (Å²) in [4.78, 5) is 23.6. The normalized spacial score (nSPS) is 10.2. The van der Waals surface area contributed by atoms with Gasteiger partial charge in [0.2, 0.25) is 0 Å². The van der Waals surface area contributed by atoms with Crippen molar-refractivity contribution < 1.29 is 23.8 Å². The Bertz CT molecular complexity index is 915. The quantitative estimate of drug-likeness (QED) is 0.448. The standard InChI is InChI=1S/C23H20O5/c1-2-26-23(25)19-10-14-21(15-11-19)28-22(24)16-27-20-12-8-18(9-13-20)17-6-4-3-5-7-17/h3-15H,2,16H2,1H3. The second-order valence-corrected chi connectivity index (χ2v) is 5.90. The average molecular weight is 376 g/mol. The number of hydrogen-bond acceptors (Lipinski definition) is 5. The zero-order chi connectivity index (χ0) is 19.8. The van der Waals surface area contributed by atoms with Crippen LogP contribution in [0.25, 0.3) is 11.1 Å².